The van der Waals surface area contributed by atoms with Gasteiger partial charge in [0.25, 0.3) is 0 Å². The Morgan fingerprint density at radius 2 is 1.95 bits per heavy atom. The number of thiophene rings is 1. The van der Waals surface area contributed by atoms with E-state index in [1.807, 2.05) is 12.1 Å². The summed E-state index contributed by atoms with van der Waals surface area (Å²) in [7, 11) is 0. The number of nitrogens with one attached hydrogen (secondary N) is 1. The lowest BCUT2D eigenvalue weighted by molar-refractivity contribution is -0.137. The number of hydrogen-bond acceptors (Lipinski definition) is 2. The van der Waals surface area contributed by atoms with Gasteiger partial charge in [0.2, 0.25) is 0 Å². The van der Waals surface area contributed by atoms with E-state index in [1.54, 1.807) is 0 Å². The van der Waals surface area contributed by atoms with Gasteiger partial charge in [0.1, 0.15) is 0 Å². The summed E-state index contributed by atoms with van der Waals surface area (Å²) < 4.78 is 37.8. The van der Waals surface area contributed by atoms with E-state index in [-0.39, 0.29) is 5.02 Å². The quantitative estimate of drug-likeness (QED) is 0.703. The van der Waals surface area contributed by atoms with Crippen LogP contribution in [0.1, 0.15) is 23.8 Å². The minimum absolute atomic E-state index is 0.125. The largest absolute Gasteiger partial charge is 0.416 e. The molecule has 0 amide bonds. The molecule has 1 nitrogen and oxygen atoms in total. The second-order valence-electron chi connectivity index (χ2n) is 4.64. The van der Waals surface area contributed by atoms with Crippen LogP contribution in [0.5, 0.6) is 0 Å². The Hall–Kier alpha value is -1.04. The van der Waals surface area contributed by atoms with E-state index < -0.39 is 11.7 Å². The molecule has 0 saturated heterocycles. The van der Waals surface area contributed by atoms with Crippen LogP contribution in [-0.4, -0.2) is 6.54 Å². The van der Waals surface area contributed by atoms with Gasteiger partial charge in [0.05, 0.1) is 5.56 Å². The number of benzene rings is 1. The predicted octanol–water partition coefficient (Wildman–Crippen LogP) is 5.59. The summed E-state index contributed by atoms with van der Waals surface area (Å²) in [6, 6.07) is 7.33. The topological polar surface area (TPSA) is 12.0 Å². The first-order valence-electron chi connectivity index (χ1n) is 6.58. The van der Waals surface area contributed by atoms with Crippen molar-refractivity contribution in [2.45, 2.75) is 26.1 Å². The Morgan fingerprint density at radius 3 is 2.57 bits per heavy atom. The average Bonchev–Trinajstić information content (AvgIpc) is 2.86. The molecule has 2 aromatic rings. The zero-order valence-electron chi connectivity index (χ0n) is 11.4. The van der Waals surface area contributed by atoms with Crippen LogP contribution < -0.4 is 5.32 Å². The molecule has 0 unspecified atom stereocenters. The molecular formula is C15H15ClF3NS. The van der Waals surface area contributed by atoms with Gasteiger partial charge >= 0.3 is 6.18 Å². The van der Waals surface area contributed by atoms with Crippen molar-refractivity contribution in [3.8, 4) is 10.4 Å². The van der Waals surface area contributed by atoms with Gasteiger partial charge in [-0.25, -0.2) is 0 Å². The second kappa shape index (κ2) is 6.81. The molecule has 0 bridgehead atoms. The minimum atomic E-state index is -4.37. The van der Waals surface area contributed by atoms with Crippen molar-refractivity contribution in [1.29, 1.82) is 0 Å². The predicted molar refractivity (Wildman–Crippen MR) is 81.8 cm³/mol. The van der Waals surface area contributed by atoms with Crippen LogP contribution in [0, 0.1) is 0 Å². The van der Waals surface area contributed by atoms with Gasteiger partial charge in [0.15, 0.2) is 0 Å². The van der Waals surface area contributed by atoms with Crippen LogP contribution in [0.25, 0.3) is 10.4 Å². The highest BCUT2D eigenvalue weighted by Crippen LogP contribution is 2.37. The molecule has 0 aliphatic heterocycles. The molecule has 21 heavy (non-hydrogen) atoms. The fourth-order valence-corrected chi connectivity index (χ4v) is 3.25. The third-order valence-electron chi connectivity index (χ3n) is 2.95. The van der Waals surface area contributed by atoms with Gasteiger partial charge in [-0.3, -0.25) is 0 Å². The highest BCUT2D eigenvalue weighted by Gasteiger charge is 2.31. The molecule has 2 rings (SSSR count). The third kappa shape index (κ3) is 4.22. The SMILES string of the molecule is CCCNCc1ccc(-c2ccc(C(F)(F)F)cc2Cl)s1. The second-order valence-corrected chi connectivity index (χ2v) is 6.21. The van der Waals surface area contributed by atoms with Crippen LogP contribution >= 0.6 is 22.9 Å². The lowest BCUT2D eigenvalue weighted by Crippen LogP contribution is -2.12. The van der Waals surface area contributed by atoms with Crippen LogP contribution in [0.2, 0.25) is 5.02 Å². The van der Waals surface area contributed by atoms with Crippen molar-refractivity contribution >= 4 is 22.9 Å². The summed E-state index contributed by atoms with van der Waals surface area (Å²) in [4.78, 5) is 2.01. The average molecular weight is 334 g/mol. The Morgan fingerprint density at radius 1 is 1.19 bits per heavy atom. The summed E-state index contributed by atoms with van der Waals surface area (Å²) in [5.74, 6) is 0. The summed E-state index contributed by atoms with van der Waals surface area (Å²) in [5, 5.41) is 3.41. The highest BCUT2D eigenvalue weighted by molar-refractivity contribution is 7.15. The van der Waals surface area contributed by atoms with Crippen LogP contribution in [0.15, 0.2) is 30.3 Å². The highest BCUT2D eigenvalue weighted by atomic mass is 35.5. The first-order chi connectivity index (χ1) is 9.91. The van der Waals surface area contributed by atoms with Gasteiger partial charge in [-0.2, -0.15) is 13.2 Å². The summed E-state index contributed by atoms with van der Waals surface area (Å²) in [6.45, 7) is 3.79. The molecule has 0 fully saturated rings. The summed E-state index contributed by atoms with van der Waals surface area (Å²) in [6.07, 6.45) is -3.31. The summed E-state index contributed by atoms with van der Waals surface area (Å²) in [5.41, 5.74) is -0.0888. The van der Waals surface area contributed by atoms with Crippen molar-refractivity contribution in [3.05, 3.63) is 45.8 Å². The monoisotopic (exact) mass is 333 g/mol. The zero-order valence-corrected chi connectivity index (χ0v) is 13.0. The van der Waals surface area contributed by atoms with Gasteiger partial charge in [0, 0.05) is 26.9 Å². The molecule has 1 N–H and O–H groups in total. The Kier molecular flexibility index (Phi) is 5.30. The molecule has 0 saturated carbocycles. The van der Waals surface area contributed by atoms with Gasteiger partial charge < -0.3 is 5.32 Å². The molecule has 1 aromatic heterocycles. The molecule has 0 atom stereocenters. The van der Waals surface area contributed by atoms with Crippen molar-refractivity contribution in [2.75, 3.05) is 6.54 Å². The van der Waals surface area contributed by atoms with E-state index in [2.05, 4.69) is 12.2 Å². The van der Waals surface area contributed by atoms with E-state index in [0.29, 0.717) is 5.56 Å². The number of alkyl halides is 3. The normalized spacial score (nSPS) is 11.9. The molecule has 0 aliphatic carbocycles. The molecule has 0 aliphatic rings. The van der Waals surface area contributed by atoms with Gasteiger partial charge in [-0.15, -0.1) is 11.3 Å². The fourth-order valence-electron chi connectivity index (χ4n) is 1.90. The van der Waals surface area contributed by atoms with Crippen molar-refractivity contribution in [3.63, 3.8) is 0 Å². The Bertz CT molecular complexity index is 607. The first kappa shape index (κ1) is 16.3. The van der Waals surface area contributed by atoms with Crippen molar-refractivity contribution in [1.82, 2.24) is 5.32 Å². The molecular weight excluding hydrogens is 319 g/mol. The van der Waals surface area contributed by atoms with Crippen LogP contribution in [-0.2, 0) is 12.7 Å². The smallest absolute Gasteiger partial charge is 0.312 e. The molecule has 0 radical (unpaired) electrons. The fraction of sp³-hybridized carbons (Fsp3) is 0.333. The molecule has 6 heteroatoms. The Labute approximate surface area is 130 Å². The summed E-state index contributed by atoms with van der Waals surface area (Å²) >= 11 is 7.53. The Balaban J connectivity index is 2.19. The maximum absolute atomic E-state index is 12.6. The molecule has 114 valence electrons. The number of hydrogen-bond donors (Lipinski definition) is 1. The first-order valence-corrected chi connectivity index (χ1v) is 7.78. The molecule has 1 aromatic carbocycles. The lowest BCUT2D eigenvalue weighted by atomic mass is 10.1. The molecule has 1 heterocycles. The van der Waals surface area contributed by atoms with Crippen molar-refractivity contribution in [2.24, 2.45) is 0 Å². The molecule has 0 spiro atoms. The van der Waals surface area contributed by atoms with E-state index in [9.17, 15) is 13.2 Å². The van der Waals surface area contributed by atoms with E-state index >= 15 is 0 Å². The van der Waals surface area contributed by atoms with Crippen molar-refractivity contribution < 1.29 is 13.2 Å². The van der Waals surface area contributed by atoms with Gasteiger partial charge in [-0.05, 0) is 37.2 Å². The number of halogens is 4. The maximum atomic E-state index is 12.6. The van der Waals surface area contributed by atoms with E-state index in [4.69, 9.17) is 11.6 Å². The maximum Gasteiger partial charge on any atom is 0.416 e. The third-order valence-corrected chi connectivity index (χ3v) is 4.38. The zero-order chi connectivity index (χ0) is 15.5. The minimum Gasteiger partial charge on any atom is -0.312 e. The standard InChI is InChI=1S/C15H15ClF3NS/c1-2-7-20-9-11-4-6-14(21-11)12-5-3-10(8-13(12)16)15(17,18)19/h3-6,8,20H,2,7,9H2,1H3. The van der Waals surface area contributed by atoms with Crippen LogP contribution in [0.3, 0.4) is 0 Å². The van der Waals surface area contributed by atoms with Crippen LogP contribution in [0.4, 0.5) is 13.2 Å². The van der Waals surface area contributed by atoms with E-state index in [0.717, 1.165) is 41.4 Å². The van der Waals surface area contributed by atoms with E-state index in [1.165, 1.54) is 17.4 Å². The number of rotatable bonds is 5. The lowest BCUT2D eigenvalue weighted by Gasteiger charge is -2.09. The van der Waals surface area contributed by atoms with Gasteiger partial charge in [-0.1, -0.05) is 24.6 Å².